The SMILES string of the molecule is CC1(C)c2ccccc2-c2ccc3c(-c4nc(-c5ccccc5)nc(-c5ccccc5)n4)cc4oc5ccccc5c4c3c21. The Bertz CT molecular complexity index is 2350. The molecule has 2 aromatic heterocycles. The molecule has 4 nitrogen and oxygen atoms in total. The third-order valence-electron chi connectivity index (χ3n) is 9.10. The summed E-state index contributed by atoms with van der Waals surface area (Å²) in [6, 6.07) is 44.0. The van der Waals surface area contributed by atoms with Crippen LogP contribution in [0.25, 0.3) is 78.0 Å². The van der Waals surface area contributed by atoms with Crippen LogP contribution in [0.2, 0.25) is 0 Å². The summed E-state index contributed by atoms with van der Waals surface area (Å²) >= 11 is 0. The van der Waals surface area contributed by atoms with Crippen molar-refractivity contribution in [3.63, 3.8) is 0 Å². The lowest BCUT2D eigenvalue weighted by molar-refractivity contribution is 0.665. The van der Waals surface area contributed by atoms with E-state index >= 15 is 0 Å². The molecule has 2 heterocycles. The molecule has 8 aromatic rings. The van der Waals surface area contributed by atoms with Gasteiger partial charge in [-0.25, -0.2) is 15.0 Å². The predicted octanol–water partition coefficient (Wildman–Crippen LogP) is 10.2. The molecule has 1 aliphatic rings. The van der Waals surface area contributed by atoms with Crippen molar-refractivity contribution in [2.24, 2.45) is 0 Å². The number of furan rings is 1. The molecular formula is C40H27N3O. The Labute approximate surface area is 254 Å². The first-order valence-electron chi connectivity index (χ1n) is 15.0. The van der Waals surface area contributed by atoms with Crippen LogP contribution in [0, 0.1) is 0 Å². The van der Waals surface area contributed by atoms with Crippen LogP contribution in [-0.4, -0.2) is 15.0 Å². The fraction of sp³-hybridized carbons (Fsp3) is 0.0750. The molecule has 1 aliphatic carbocycles. The first-order valence-corrected chi connectivity index (χ1v) is 15.0. The monoisotopic (exact) mass is 565 g/mol. The minimum atomic E-state index is -0.209. The number of hydrogen-bond acceptors (Lipinski definition) is 4. The van der Waals surface area contributed by atoms with Gasteiger partial charge >= 0.3 is 0 Å². The molecule has 44 heavy (non-hydrogen) atoms. The number of para-hydroxylation sites is 1. The Morgan fingerprint density at radius 3 is 1.82 bits per heavy atom. The third-order valence-corrected chi connectivity index (χ3v) is 9.10. The molecule has 0 unspecified atom stereocenters. The Kier molecular flexibility index (Phi) is 5.21. The molecular weight excluding hydrogens is 538 g/mol. The number of hydrogen-bond donors (Lipinski definition) is 0. The van der Waals surface area contributed by atoms with Gasteiger partial charge in [-0.05, 0) is 45.2 Å². The third kappa shape index (κ3) is 3.54. The van der Waals surface area contributed by atoms with Gasteiger partial charge in [0, 0.05) is 32.9 Å². The van der Waals surface area contributed by atoms with Crippen molar-refractivity contribution in [1.29, 1.82) is 0 Å². The number of aromatic nitrogens is 3. The maximum atomic E-state index is 6.59. The van der Waals surface area contributed by atoms with Crippen molar-refractivity contribution in [2.45, 2.75) is 19.3 Å². The van der Waals surface area contributed by atoms with E-state index in [-0.39, 0.29) is 5.41 Å². The highest BCUT2D eigenvalue weighted by Gasteiger charge is 2.38. The zero-order valence-corrected chi connectivity index (χ0v) is 24.4. The Hall–Kier alpha value is -5.61. The minimum Gasteiger partial charge on any atom is -0.456 e. The van der Waals surface area contributed by atoms with Gasteiger partial charge in [0.2, 0.25) is 0 Å². The lowest BCUT2D eigenvalue weighted by Gasteiger charge is -2.24. The predicted molar refractivity (Wildman–Crippen MR) is 178 cm³/mol. The van der Waals surface area contributed by atoms with Crippen LogP contribution in [-0.2, 0) is 5.41 Å². The largest absolute Gasteiger partial charge is 0.456 e. The van der Waals surface area contributed by atoms with Crippen molar-refractivity contribution < 1.29 is 4.42 Å². The maximum absolute atomic E-state index is 6.59. The van der Waals surface area contributed by atoms with Gasteiger partial charge in [-0.3, -0.25) is 0 Å². The van der Waals surface area contributed by atoms with Gasteiger partial charge in [-0.2, -0.15) is 0 Å². The molecule has 0 fully saturated rings. The van der Waals surface area contributed by atoms with E-state index in [1.807, 2.05) is 72.8 Å². The van der Waals surface area contributed by atoms with Gasteiger partial charge in [-0.15, -0.1) is 0 Å². The van der Waals surface area contributed by atoms with Crippen molar-refractivity contribution in [2.75, 3.05) is 0 Å². The summed E-state index contributed by atoms with van der Waals surface area (Å²) in [5.74, 6) is 1.90. The first-order chi connectivity index (χ1) is 21.6. The molecule has 0 aliphatic heterocycles. The van der Waals surface area contributed by atoms with Gasteiger partial charge in [-0.1, -0.05) is 129 Å². The molecule has 0 radical (unpaired) electrons. The molecule has 0 bridgehead atoms. The molecule has 0 amide bonds. The molecule has 4 heteroatoms. The Morgan fingerprint density at radius 2 is 1.09 bits per heavy atom. The highest BCUT2D eigenvalue weighted by molar-refractivity contribution is 6.24. The van der Waals surface area contributed by atoms with Crippen LogP contribution in [0.15, 0.2) is 132 Å². The second kappa shape index (κ2) is 9.19. The van der Waals surface area contributed by atoms with E-state index < -0.39 is 0 Å². The van der Waals surface area contributed by atoms with E-state index in [4.69, 9.17) is 19.4 Å². The molecule has 208 valence electrons. The minimum absolute atomic E-state index is 0.209. The molecule has 0 spiro atoms. The fourth-order valence-corrected chi connectivity index (χ4v) is 7.10. The summed E-state index contributed by atoms with van der Waals surface area (Å²) in [4.78, 5) is 15.2. The Balaban J connectivity index is 1.43. The van der Waals surface area contributed by atoms with E-state index in [1.54, 1.807) is 0 Å². The summed E-state index contributed by atoms with van der Waals surface area (Å²) in [6.07, 6.45) is 0. The van der Waals surface area contributed by atoms with Crippen molar-refractivity contribution >= 4 is 32.7 Å². The van der Waals surface area contributed by atoms with Crippen LogP contribution in [0.3, 0.4) is 0 Å². The highest BCUT2D eigenvalue weighted by Crippen LogP contribution is 2.54. The Morgan fingerprint density at radius 1 is 0.477 bits per heavy atom. The summed E-state index contributed by atoms with van der Waals surface area (Å²) in [5.41, 5.74) is 9.53. The smallest absolute Gasteiger partial charge is 0.164 e. The standard InChI is InChI=1S/C40H27N3O/c1-40(2)31-19-11-9-17-26(31)28-22-21-27-30(23-33-34(35(27)36(28)40)29-18-10-12-20-32(29)44-33)39-42-37(24-13-5-3-6-14-24)41-38(43-39)25-15-7-4-8-16-25/h3-23H,1-2H3. The molecule has 6 aromatic carbocycles. The normalized spacial score (nSPS) is 13.4. The summed E-state index contributed by atoms with van der Waals surface area (Å²) in [7, 11) is 0. The second-order valence-corrected chi connectivity index (χ2v) is 12.0. The van der Waals surface area contributed by atoms with E-state index in [9.17, 15) is 0 Å². The zero-order valence-electron chi connectivity index (χ0n) is 24.4. The van der Waals surface area contributed by atoms with E-state index in [0.29, 0.717) is 17.5 Å². The average Bonchev–Trinajstić information content (AvgIpc) is 3.57. The number of rotatable bonds is 3. The van der Waals surface area contributed by atoms with Crippen LogP contribution >= 0.6 is 0 Å². The first kappa shape index (κ1) is 24.9. The van der Waals surface area contributed by atoms with E-state index in [0.717, 1.165) is 44.0 Å². The van der Waals surface area contributed by atoms with Crippen molar-refractivity contribution in [3.8, 4) is 45.3 Å². The highest BCUT2D eigenvalue weighted by atomic mass is 16.3. The molecule has 0 atom stereocenters. The quantitative estimate of drug-likeness (QED) is 0.214. The lowest BCUT2D eigenvalue weighted by atomic mass is 9.79. The van der Waals surface area contributed by atoms with Gasteiger partial charge in [0.25, 0.3) is 0 Å². The summed E-state index contributed by atoms with van der Waals surface area (Å²) in [6.45, 7) is 4.67. The molecule has 9 rings (SSSR count). The summed E-state index contributed by atoms with van der Waals surface area (Å²) in [5, 5.41) is 4.56. The second-order valence-electron chi connectivity index (χ2n) is 12.0. The zero-order chi connectivity index (χ0) is 29.4. The van der Waals surface area contributed by atoms with Crippen LogP contribution in [0.4, 0.5) is 0 Å². The maximum Gasteiger partial charge on any atom is 0.164 e. The van der Waals surface area contributed by atoms with Crippen molar-refractivity contribution in [1.82, 2.24) is 15.0 Å². The van der Waals surface area contributed by atoms with Gasteiger partial charge < -0.3 is 4.42 Å². The molecule has 0 N–H and O–H groups in total. The van der Waals surface area contributed by atoms with Crippen molar-refractivity contribution in [3.05, 3.63) is 139 Å². The number of benzene rings is 6. The molecule has 0 saturated heterocycles. The molecule has 0 saturated carbocycles. The average molecular weight is 566 g/mol. The van der Waals surface area contributed by atoms with E-state index in [2.05, 4.69) is 68.4 Å². The van der Waals surface area contributed by atoms with Gasteiger partial charge in [0.1, 0.15) is 11.2 Å². The van der Waals surface area contributed by atoms with Crippen LogP contribution in [0.5, 0.6) is 0 Å². The number of fused-ring (bicyclic) bond motifs is 9. The van der Waals surface area contributed by atoms with Gasteiger partial charge in [0.05, 0.1) is 0 Å². The van der Waals surface area contributed by atoms with Gasteiger partial charge in [0.15, 0.2) is 17.5 Å². The lowest BCUT2D eigenvalue weighted by Crippen LogP contribution is -2.15. The van der Waals surface area contributed by atoms with Crippen LogP contribution < -0.4 is 0 Å². The summed E-state index contributed by atoms with van der Waals surface area (Å²) < 4.78 is 6.59. The topological polar surface area (TPSA) is 51.8 Å². The van der Waals surface area contributed by atoms with E-state index in [1.165, 1.54) is 27.6 Å². The fourth-order valence-electron chi connectivity index (χ4n) is 7.10. The van der Waals surface area contributed by atoms with Crippen LogP contribution in [0.1, 0.15) is 25.0 Å². The number of nitrogens with zero attached hydrogens (tertiary/aromatic N) is 3.